The zero-order valence-electron chi connectivity index (χ0n) is 11.9. The van der Waals surface area contributed by atoms with E-state index in [2.05, 4.69) is 5.32 Å². The first-order valence-electron chi connectivity index (χ1n) is 6.99. The van der Waals surface area contributed by atoms with Crippen molar-refractivity contribution in [1.29, 1.82) is 0 Å². The summed E-state index contributed by atoms with van der Waals surface area (Å²) in [5.41, 5.74) is 1.04. The molecule has 2 N–H and O–H groups in total. The van der Waals surface area contributed by atoms with E-state index < -0.39 is 11.8 Å². The third kappa shape index (κ3) is 4.18. The number of hydrogen-bond acceptors (Lipinski definition) is 2. The van der Waals surface area contributed by atoms with Gasteiger partial charge in [-0.15, -0.1) is 0 Å². The van der Waals surface area contributed by atoms with Gasteiger partial charge in [-0.3, -0.25) is 4.79 Å². The van der Waals surface area contributed by atoms with Crippen molar-refractivity contribution in [2.24, 2.45) is 5.92 Å². The Labute approximate surface area is 122 Å². The summed E-state index contributed by atoms with van der Waals surface area (Å²) in [7, 11) is 0. The molecule has 2 amide bonds. The summed E-state index contributed by atoms with van der Waals surface area (Å²) in [5.74, 6) is -1.08. The van der Waals surface area contributed by atoms with Crippen molar-refractivity contribution in [2.75, 3.05) is 18.4 Å². The number of urea groups is 1. The number of nitrogens with one attached hydrogen (secondary N) is 1. The predicted octanol–water partition coefficient (Wildman–Crippen LogP) is 2.85. The summed E-state index contributed by atoms with van der Waals surface area (Å²) in [5, 5.41) is 11.2. The molecule has 1 fully saturated rings. The van der Waals surface area contributed by atoms with Gasteiger partial charge < -0.3 is 15.3 Å². The maximum Gasteiger partial charge on any atom is 0.321 e. The van der Waals surface area contributed by atoms with Crippen molar-refractivity contribution in [2.45, 2.75) is 26.2 Å². The number of carboxylic acids is 1. The highest BCUT2D eigenvalue weighted by molar-refractivity contribution is 5.89. The summed E-state index contributed by atoms with van der Waals surface area (Å²) in [6.07, 6.45) is 1.47. The number of hydrogen-bond donors (Lipinski definition) is 2. The molecule has 1 unspecified atom stereocenters. The van der Waals surface area contributed by atoms with Gasteiger partial charge in [-0.2, -0.15) is 0 Å². The maximum atomic E-state index is 13.6. The fraction of sp³-hybridized carbons (Fsp3) is 0.467. The van der Waals surface area contributed by atoms with Crippen molar-refractivity contribution in [3.8, 4) is 0 Å². The molecule has 1 aromatic carbocycles. The van der Waals surface area contributed by atoms with Gasteiger partial charge in [0.1, 0.15) is 5.82 Å². The predicted molar refractivity (Wildman–Crippen MR) is 76.7 cm³/mol. The Bertz CT molecular complexity index is 548. The van der Waals surface area contributed by atoms with Crippen LogP contribution in [0.2, 0.25) is 0 Å². The Kier molecular flexibility index (Phi) is 4.77. The molecule has 21 heavy (non-hydrogen) atoms. The first-order chi connectivity index (χ1) is 9.95. The number of carbonyl (C=O) groups is 2. The lowest BCUT2D eigenvalue weighted by Gasteiger charge is -2.17. The molecule has 1 aliphatic heterocycles. The minimum absolute atomic E-state index is 0.118. The maximum absolute atomic E-state index is 13.6. The Morgan fingerprint density at radius 1 is 1.48 bits per heavy atom. The SMILES string of the molecule is Cc1ccc(F)c(NC(=O)N2CCC(CCC(=O)O)C2)c1. The third-order valence-corrected chi connectivity index (χ3v) is 3.70. The molecular weight excluding hydrogens is 275 g/mol. The summed E-state index contributed by atoms with van der Waals surface area (Å²) in [4.78, 5) is 24.2. The molecule has 1 heterocycles. The van der Waals surface area contributed by atoms with E-state index in [0.29, 0.717) is 19.5 Å². The van der Waals surface area contributed by atoms with Gasteiger partial charge in [-0.1, -0.05) is 6.07 Å². The van der Waals surface area contributed by atoms with Crippen LogP contribution in [0.4, 0.5) is 14.9 Å². The molecule has 1 aromatic rings. The lowest BCUT2D eigenvalue weighted by Crippen LogP contribution is -2.33. The Morgan fingerprint density at radius 3 is 2.95 bits per heavy atom. The number of rotatable bonds is 4. The first-order valence-corrected chi connectivity index (χ1v) is 6.99. The average Bonchev–Trinajstić information content (AvgIpc) is 2.89. The highest BCUT2D eigenvalue weighted by Gasteiger charge is 2.26. The highest BCUT2D eigenvalue weighted by atomic mass is 19.1. The van der Waals surface area contributed by atoms with Gasteiger partial charge in [0, 0.05) is 19.5 Å². The van der Waals surface area contributed by atoms with Crippen LogP contribution < -0.4 is 5.32 Å². The van der Waals surface area contributed by atoms with Crippen molar-refractivity contribution >= 4 is 17.7 Å². The monoisotopic (exact) mass is 294 g/mol. The van der Waals surface area contributed by atoms with E-state index in [1.54, 1.807) is 17.0 Å². The van der Waals surface area contributed by atoms with Crippen LogP contribution >= 0.6 is 0 Å². The molecule has 0 bridgehead atoms. The minimum atomic E-state index is -0.820. The van der Waals surface area contributed by atoms with Crippen LogP contribution in [0.25, 0.3) is 0 Å². The topological polar surface area (TPSA) is 69.6 Å². The number of aryl methyl sites for hydroxylation is 1. The number of carboxylic acid groups (broad SMARTS) is 1. The quantitative estimate of drug-likeness (QED) is 0.897. The Hall–Kier alpha value is -2.11. The van der Waals surface area contributed by atoms with Gasteiger partial charge in [0.05, 0.1) is 5.69 Å². The number of anilines is 1. The number of amides is 2. The van der Waals surface area contributed by atoms with Crippen LogP contribution in [-0.4, -0.2) is 35.1 Å². The molecule has 0 spiro atoms. The van der Waals surface area contributed by atoms with E-state index in [-0.39, 0.29) is 24.1 Å². The van der Waals surface area contributed by atoms with Gasteiger partial charge in [0.15, 0.2) is 0 Å². The van der Waals surface area contributed by atoms with E-state index in [9.17, 15) is 14.0 Å². The fourth-order valence-corrected chi connectivity index (χ4v) is 2.51. The van der Waals surface area contributed by atoms with Crippen LogP contribution in [0.1, 0.15) is 24.8 Å². The minimum Gasteiger partial charge on any atom is -0.481 e. The molecule has 6 heteroatoms. The van der Waals surface area contributed by atoms with Gasteiger partial charge in [0.2, 0.25) is 0 Å². The molecule has 1 atom stereocenters. The molecule has 1 aliphatic rings. The molecule has 0 saturated carbocycles. The molecule has 5 nitrogen and oxygen atoms in total. The lowest BCUT2D eigenvalue weighted by molar-refractivity contribution is -0.137. The number of aliphatic carboxylic acids is 1. The van der Waals surface area contributed by atoms with Crippen molar-refractivity contribution in [3.63, 3.8) is 0 Å². The molecular formula is C15H19FN2O3. The Morgan fingerprint density at radius 2 is 2.24 bits per heavy atom. The number of nitrogens with zero attached hydrogens (tertiary/aromatic N) is 1. The van der Waals surface area contributed by atoms with Crippen LogP contribution in [0, 0.1) is 18.7 Å². The van der Waals surface area contributed by atoms with Gasteiger partial charge in [0.25, 0.3) is 0 Å². The van der Waals surface area contributed by atoms with Gasteiger partial charge in [-0.05, 0) is 43.4 Å². The molecule has 2 rings (SSSR count). The van der Waals surface area contributed by atoms with Crippen LogP contribution in [-0.2, 0) is 4.79 Å². The largest absolute Gasteiger partial charge is 0.481 e. The van der Waals surface area contributed by atoms with Crippen molar-refractivity contribution in [3.05, 3.63) is 29.6 Å². The normalized spacial score (nSPS) is 17.8. The Balaban J connectivity index is 1.90. The second-order valence-electron chi connectivity index (χ2n) is 5.45. The molecule has 1 saturated heterocycles. The van der Waals surface area contributed by atoms with Crippen LogP contribution in [0.3, 0.4) is 0 Å². The van der Waals surface area contributed by atoms with E-state index in [1.807, 2.05) is 6.92 Å². The second-order valence-corrected chi connectivity index (χ2v) is 5.45. The van der Waals surface area contributed by atoms with E-state index in [4.69, 9.17) is 5.11 Å². The summed E-state index contributed by atoms with van der Waals surface area (Å²) in [6, 6.07) is 4.22. The summed E-state index contributed by atoms with van der Waals surface area (Å²) in [6.45, 7) is 2.92. The molecule has 0 aromatic heterocycles. The summed E-state index contributed by atoms with van der Waals surface area (Å²) < 4.78 is 13.6. The zero-order chi connectivity index (χ0) is 15.4. The summed E-state index contributed by atoms with van der Waals surface area (Å²) >= 11 is 0. The van der Waals surface area contributed by atoms with Crippen molar-refractivity contribution in [1.82, 2.24) is 4.90 Å². The van der Waals surface area contributed by atoms with E-state index >= 15 is 0 Å². The van der Waals surface area contributed by atoms with E-state index in [1.165, 1.54) is 6.07 Å². The van der Waals surface area contributed by atoms with Crippen LogP contribution in [0.5, 0.6) is 0 Å². The number of carbonyl (C=O) groups excluding carboxylic acids is 1. The third-order valence-electron chi connectivity index (χ3n) is 3.70. The average molecular weight is 294 g/mol. The molecule has 0 aliphatic carbocycles. The number of likely N-dealkylation sites (tertiary alicyclic amines) is 1. The lowest BCUT2D eigenvalue weighted by atomic mass is 10.0. The highest BCUT2D eigenvalue weighted by Crippen LogP contribution is 2.23. The number of benzene rings is 1. The smallest absolute Gasteiger partial charge is 0.321 e. The standard InChI is InChI=1S/C15H19FN2O3/c1-10-2-4-12(16)13(8-10)17-15(21)18-7-6-11(9-18)3-5-14(19)20/h2,4,8,11H,3,5-7,9H2,1H3,(H,17,21)(H,19,20). The van der Waals surface area contributed by atoms with Gasteiger partial charge in [-0.25, -0.2) is 9.18 Å². The van der Waals surface area contributed by atoms with E-state index in [0.717, 1.165) is 12.0 Å². The first kappa shape index (κ1) is 15.3. The second kappa shape index (κ2) is 6.56. The van der Waals surface area contributed by atoms with Crippen molar-refractivity contribution < 1.29 is 19.1 Å². The fourth-order valence-electron chi connectivity index (χ4n) is 2.51. The number of halogens is 1. The van der Waals surface area contributed by atoms with Crippen LogP contribution in [0.15, 0.2) is 18.2 Å². The van der Waals surface area contributed by atoms with Gasteiger partial charge >= 0.3 is 12.0 Å². The zero-order valence-corrected chi connectivity index (χ0v) is 11.9. The molecule has 114 valence electrons. The molecule has 0 radical (unpaired) electrons.